The van der Waals surface area contributed by atoms with Crippen molar-refractivity contribution in [3.8, 4) is 0 Å². The minimum atomic E-state index is -0.293. The second kappa shape index (κ2) is 6.66. The molecule has 0 radical (unpaired) electrons. The van der Waals surface area contributed by atoms with Gasteiger partial charge in [-0.25, -0.2) is 15.0 Å². The van der Waals surface area contributed by atoms with Gasteiger partial charge in [-0.05, 0) is 6.07 Å². The molecule has 3 aromatic rings. The molecule has 1 aliphatic heterocycles. The Bertz CT molecular complexity index is 747. The van der Waals surface area contributed by atoms with Crippen molar-refractivity contribution in [3.63, 3.8) is 0 Å². The lowest BCUT2D eigenvalue weighted by Gasteiger charge is -2.36. The summed E-state index contributed by atoms with van der Waals surface area (Å²) in [4.78, 5) is 16.2. The van der Waals surface area contributed by atoms with Crippen LogP contribution < -0.4 is 5.32 Å². The average molecular weight is 368 g/mol. The van der Waals surface area contributed by atoms with Crippen molar-refractivity contribution in [3.05, 3.63) is 35.0 Å². The molecule has 1 aliphatic rings. The van der Waals surface area contributed by atoms with E-state index in [2.05, 4.69) is 31.2 Å². The maximum Gasteiger partial charge on any atom is 0.184 e. The monoisotopic (exact) mass is 367 g/mol. The molecule has 1 fully saturated rings. The number of alkyl halides is 1. The number of rotatable bonds is 4. The first-order chi connectivity index (χ1) is 11.3. The summed E-state index contributed by atoms with van der Waals surface area (Å²) in [5.41, 5.74) is 0.667. The van der Waals surface area contributed by atoms with Crippen LogP contribution in [0.3, 0.4) is 0 Å². The van der Waals surface area contributed by atoms with Crippen LogP contribution in [0.4, 0.5) is 5.13 Å². The molecule has 3 aromatic heterocycles. The Kier molecular flexibility index (Phi) is 4.41. The van der Waals surface area contributed by atoms with Gasteiger partial charge in [-0.2, -0.15) is 0 Å². The number of thiophene rings is 1. The molecule has 0 aromatic carbocycles. The van der Waals surface area contributed by atoms with Crippen molar-refractivity contribution in [1.29, 1.82) is 0 Å². The number of fused-ring (bicyclic) bond motifs is 1. The highest BCUT2D eigenvalue weighted by Gasteiger charge is 2.28. The molecule has 0 amide bonds. The molecule has 120 valence electrons. The summed E-state index contributed by atoms with van der Waals surface area (Å²) >= 11 is 9.45. The zero-order valence-electron chi connectivity index (χ0n) is 12.1. The molecular formula is C14H14ClN5OS2. The predicted molar refractivity (Wildman–Crippen MR) is 93.1 cm³/mol. The Morgan fingerprint density at radius 3 is 3.17 bits per heavy atom. The van der Waals surface area contributed by atoms with E-state index in [0.717, 1.165) is 21.9 Å². The Morgan fingerprint density at radius 1 is 1.43 bits per heavy atom. The summed E-state index contributed by atoms with van der Waals surface area (Å²) in [5, 5.41) is 6.35. The molecule has 1 N–H and O–H groups in total. The zero-order chi connectivity index (χ0) is 15.6. The number of morpholine rings is 1. The Labute approximate surface area is 146 Å². The van der Waals surface area contributed by atoms with Crippen LogP contribution in [-0.4, -0.2) is 45.1 Å². The van der Waals surface area contributed by atoms with Crippen LogP contribution in [0, 0.1) is 0 Å². The maximum atomic E-state index is 6.18. The number of nitrogens with one attached hydrogen (secondary N) is 1. The molecule has 6 nitrogen and oxygen atoms in total. The van der Waals surface area contributed by atoms with Gasteiger partial charge in [-0.1, -0.05) is 11.6 Å². The van der Waals surface area contributed by atoms with Gasteiger partial charge in [0.15, 0.2) is 5.13 Å². The Hall–Kier alpha value is -1.32. The third-order valence-corrected chi connectivity index (χ3v) is 5.68. The van der Waals surface area contributed by atoms with Crippen molar-refractivity contribution in [2.45, 2.75) is 11.7 Å². The molecule has 4 heterocycles. The van der Waals surface area contributed by atoms with Gasteiger partial charge in [-0.15, -0.1) is 22.7 Å². The number of thiazole rings is 1. The molecule has 2 unspecified atom stereocenters. The fraction of sp³-hybridized carbons (Fsp3) is 0.357. The molecule has 0 bridgehead atoms. The molecule has 0 aliphatic carbocycles. The van der Waals surface area contributed by atoms with Gasteiger partial charge in [0.25, 0.3) is 0 Å². The summed E-state index contributed by atoms with van der Waals surface area (Å²) in [7, 11) is 0. The summed E-state index contributed by atoms with van der Waals surface area (Å²) in [6.07, 6.45) is 5.21. The lowest BCUT2D eigenvalue weighted by Crippen LogP contribution is -2.44. The van der Waals surface area contributed by atoms with Crippen LogP contribution in [-0.2, 0) is 4.74 Å². The number of aromatic nitrogens is 3. The number of anilines is 1. The summed E-state index contributed by atoms with van der Waals surface area (Å²) in [5.74, 6) is 0. The molecule has 0 saturated carbocycles. The first-order valence-corrected chi connectivity index (χ1v) is 9.28. The third kappa shape index (κ3) is 3.31. The summed E-state index contributed by atoms with van der Waals surface area (Å²) in [6, 6.07) is 2.10. The van der Waals surface area contributed by atoms with Gasteiger partial charge in [0.2, 0.25) is 0 Å². The van der Waals surface area contributed by atoms with Crippen LogP contribution in [0.2, 0.25) is 0 Å². The first kappa shape index (κ1) is 15.2. The number of hydrogen-bond acceptors (Lipinski definition) is 8. The Balaban J connectivity index is 1.68. The number of hydrogen-bond donors (Lipinski definition) is 1. The van der Waals surface area contributed by atoms with Gasteiger partial charge in [0.1, 0.15) is 18.1 Å². The smallest absolute Gasteiger partial charge is 0.184 e. The highest BCUT2D eigenvalue weighted by molar-refractivity contribution is 7.19. The molecule has 4 rings (SSSR count). The van der Waals surface area contributed by atoms with Crippen LogP contribution in [0.1, 0.15) is 11.0 Å². The van der Waals surface area contributed by atoms with Crippen molar-refractivity contribution < 1.29 is 4.74 Å². The third-order valence-electron chi connectivity index (χ3n) is 3.60. The van der Waals surface area contributed by atoms with E-state index in [-0.39, 0.29) is 11.7 Å². The van der Waals surface area contributed by atoms with Crippen molar-refractivity contribution in [2.24, 2.45) is 0 Å². The number of nitrogens with zero attached hydrogens (tertiary/aromatic N) is 4. The number of halogens is 1. The summed E-state index contributed by atoms with van der Waals surface area (Å²) in [6.45, 7) is 2.09. The van der Waals surface area contributed by atoms with E-state index in [1.54, 1.807) is 35.2 Å². The normalized spacial score (nSPS) is 20.7. The molecule has 2 atom stereocenters. The van der Waals surface area contributed by atoms with Crippen LogP contribution in [0.25, 0.3) is 10.2 Å². The van der Waals surface area contributed by atoms with Gasteiger partial charge in [0, 0.05) is 35.7 Å². The molecule has 0 spiro atoms. The molecular weight excluding hydrogens is 354 g/mol. The van der Waals surface area contributed by atoms with Gasteiger partial charge in [-0.3, -0.25) is 4.90 Å². The van der Waals surface area contributed by atoms with Crippen molar-refractivity contribution in [2.75, 3.05) is 25.0 Å². The average Bonchev–Trinajstić information content (AvgIpc) is 3.21. The minimum Gasteiger partial charge on any atom is -0.360 e. The maximum absolute atomic E-state index is 6.18. The lowest BCUT2D eigenvalue weighted by molar-refractivity contribution is 0.000181. The molecule has 23 heavy (non-hydrogen) atoms. The van der Waals surface area contributed by atoms with E-state index in [1.165, 1.54) is 4.88 Å². The first-order valence-electron chi connectivity index (χ1n) is 7.15. The van der Waals surface area contributed by atoms with Crippen molar-refractivity contribution in [1.82, 2.24) is 19.9 Å². The molecule has 1 saturated heterocycles. The van der Waals surface area contributed by atoms with Crippen molar-refractivity contribution >= 4 is 49.6 Å². The van der Waals surface area contributed by atoms with E-state index >= 15 is 0 Å². The van der Waals surface area contributed by atoms with E-state index < -0.39 is 0 Å². The predicted octanol–water partition coefficient (Wildman–Crippen LogP) is 3.16. The minimum absolute atomic E-state index is 0.00880. The van der Waals surface area contributed by atoms with E-state index in [1.807, 2.05) is 11.6 Å². The highest BCUT2D eigenvalue weighted by atomic mass is 35.5. The Morgan fingerprint density at radius 2 is 2.39 bits per heavy atom. The van der Waals surface area contributed by atoms with E-state index in [4.69, 9.17) is 16.3 Å². The molecule has 9 heteroatoms. The van der Waals surface area contributed by atoms with Crippen LogP contribution >= 0.6 is 34.3 Å². The largest absolute Gasteiger partial charge is 0.360 e. The van der Waals surface area contributed by atoms with Gasteiger partial charge >= 0.3 is 0 Å². The lowest BCUT2D eigenvalue weighted by atomic mass is 10.3. The van der Waals surface area contributed by atoms with E-state index in [0.29, 0.717) is 13.2 Å². The topological polar surface area (TPSA) is 63.2 Å². The second-order valence-corrected chi connectivity index (χ2v) is 7.58. The zero-order valence-corrected chi connectivity index (χ0v) is 14.4. The van der Waals surface area contributed by atoms with Crippen LogP contribution in [0.5, 0.6) is 0 Å². The SMILES string of the molecule is ClC1CN(C(Nc2nccs2)c2cc3ncncc3s2)CCO1. The highest BCUT2D eigenvalue weighted by Crippen LogP contribution is 2.33. The van der Waals surface area contributed by atoms with Gasteiger partial charge < -0.3 is 10.1 Å². The van der Waals surface area contributed by atoms with E-state index in [9.17, 15) is 0 Å². The quantitative estimate of drug-likeness (QED) is 0.715. The fourth-order valence-corrected chi connectivity index (χ4v) is 4.45. The van der Waals surface area contributed by atoms with Gasteiger partial charge in [0.05, 0.1) is 16.8 Å². The second-order valence-electron chi connectivity index (χ2n) is 5.08. The fourth-order valence-electron chi connectivity index (χ4n) is 2.55. The summed E-state index contributed by atoms with van der Waals surface area (Å²) < 4.78 is 6.53. The van der Waals surface area contributed by atoms with Crippen LogP contribution in [0.15, 0.2) is 30.2 Å². The standard InChI is InChI=1S/C14H14ClN5OS2/c15-12-7-20(2-3-21-12)13(19-14-17-1-4-22-14)10-5-9-11(23-10)6-16-8-18-9/h1,4-6,8,12-13H,2-3,7H2,(H,17,19). The number of ether oxygens (including phenoxy) is 1.